The van der Waals surface area contributed by atoms with Crippen LogP contribution < -0.4 is 0 Å². The lowest BCUT2D eigenvalue weighted by Gasteiger charge is -2.30. The summed E-state index contributed by atoms with van der Waals surface area (Å²) in [6, 6.07) is 2.21. The molecule has 0 saturated carbocycles. The van der Waals surface area contributed by atoms with Crippen LogP contribution in [-0.4, -0.2) is 24.4 Å². The molecule has 1 N–H and O–H groups in total. The van der Waals surface area contributed by atoms with Crippen LogP contribution in [0.15, 0.2) is 11.4 Å². The third kappa shape index (κ3) is 1.81. The van der Waals surface area contributed by atoms with Gasteiger partial charge in [-0.05, 0) is 42.7 Å². The molecular formula is C13H18O2S. The summed E-state index contributed by atoms with van der Waals surface area (Å²) in [5.74, 6) is 0.720. The fourth-order valence-corrected chi connectivity index (χ4v) is 4.02. The molecule has 0 aromatic carbocycles. The molecule has 2 nitrogen and oxygen atoms in total. The van der Waals surface area contributed by atoms with E-state index in [0.717, 1.165) is 26.1 Å². The van der Waals surface area contributed by atoms with Gasteiger partial charge in [0.1, 0.15) is 0 Å². The van der Waals surface area contributed by atoms with Crippen molar-refractivity contribution in [1.29, 1.82) is 0 Å². The second-order valence-electron chi connectivity index (χ2n) is 4.91. The number of hydrogen-bond acceptors (Lipinski definition) is 3. The normalized spacial score (nSPS) is 31.3. The molecule has 0 spiro atoms. The average Bonchev–Trinajstić information content (AvgIpc) is 2.98. The van der Waals surface area contributed by atoms with Gasteiger partial charge in [0.15, 0.2) is 0 Å². The van der Waals surface area contributed by atoms with Crippen molar-refractivity contribution in [1.82, 2.24) is 0 Å². The van der Waals surface area contributed by atoms with Crippen molar-refractivity contribution < 1.29 is 9.84 Å². The monoisotopic (exact) mass is 238 g/mol. The number of thiophene rings is 1. The maximum atomic E-state index is 10.5. The largest absolute Gasteiger partial charge is 0.392 e. The van der Waals surface area contributed by atoms with Crippen molar-refractivity contribution >= 4 is 11.3 Å². The fraction of sp³-hybridized carbons (Fsp3) is 0.692. The van der Waals surface area contributed by atoms with Crippen LogP contribution in [0.4, 0.5) is 0 Å². The molecule has 88 valence electrons. The molecule has 2 heterocycles. The summed E-state index contributed by atoms with van der Waals surface area (Å²) in [6.07, 6.45) is 4.40. The van der Waals surface area contributed by atoms with Gasteiger partial charge in [-0.2, -0.15) is 0 Å². The van der Waals surface area contributed by atoms with Crippen molar-refractivity contribution in [3.8, 4) is 0 Å². The van der Waals surface area contributed by atoms with Crippen LogP contribution in [0.3, 0.4) is 0 Å². The third-order valence-corrected chi connectivity index (χ3v) is 4.95. The molecule has 16 heavy (non-hydrogen) atoms. The van der Waals surface area contributed by atoms with Crippen molar-refractivity contribution in [3.05, 3.63) is 21.9 Å². The minimum Gasteiger partial charge on any atom is -0.392 e. The van der Waals surface area contributed by atoms with Crippen molar-refractivity contribution in [2.45, 2.75) is 37.7 Å². The molecule has 1 aromatic rings. The van der Waals surface area contributed by atoms with E-state index in [9.17, 15) is 5.11 Å². The summed E-state index contributed by atoms with van der Waals surface area (Å²) in [4.78, 5) is 1.49. The topological polar surface area (TPSA) is 29.5 Å². The average molecular weight is 238 g/mol. The highest BCUT2D eigenvalue weighted by Crippen LogP contribution is 2.40. The zero-order chi connectivity index (χ0) is 11.0. The molecule has 1 aliphatic carbocycles. The lowest BCUT2D eigenvalue weighted by Crippen LogP contribution is -2.29. The first kappa shape index (κ1) is 10.8. The van der Waals surface area contributed by atoms with Crippen LogP contribution in [0.25, 0.3) is 0 Å². The smallest absolute Gasteiger partial charge is 0.0660 e. The number of fused-ring (bicyclic) bond motifs is 1. The van der Waals surface area contributed by atoms with Gasteiger partial charge in [0.2, 0.25) is 0 Å². The van der Waals surface area contributed by atoms with E-state index in [-0.39, 0.29) is 6.10 Å². The van der Waals surface area contributed by atoms with E-state index in [0.29, 0.717) is 11.8 Å². The predicted molar refractivity (Wildman–Crippen MR) is 64.9 cm³/mol. The van der Waals surface area contributed by atoms with E-state index < -0.39 is 0 Å². The molecule has 3 unspecified atom stereocenters. The number of rotatable bonds is 2. The van der Waals surface area contributed by atoms with Crippen LogP contribution in [0.2, 0.25) is 0 Å². The molecule has 3 rings (SSSR count). The second-order valence-corrected chi connectivity index (χ2v) is 5.91. The molecule has 0 bridgehead atoms. The maximum absolute atomic E-state index is 10.5. The van der Waals surface area contributed by atoms with Crippen LogP contribution in [-0.2, 0) is 11.2 Å². The first-order chi connectivity index (χ1) is 7.86. The predicted octanol–water partition coefficient (Wildman–Crippen LogP) is 2.57. The van der Waals surface area contributed by atoms with Gasteiger partial charge >= 0.3 is 0 Å². The van der Waals surface area contributed by atoms with Gasteiger partial charge in [-0.1, -0.05) is 0 Å². The lowest BCUT2D eigenvalue weighted by atomic mass is 9.79. The Morgan fingerprint density at radius 2 is 2.38 bits per heavy atom. The molecule has 1 fully saturated rings. The van der Waals surface area contributed by atoms with Crippen LogP contribution in [0, 0.1) is 5.92 Å². The number of hydrogen-bond donors (Lipinski definition) is 1. The highest BCUT2D eigenvalue weighted by Gasteiger charge is 2.34. The van der Waals surface area contributed by atoms with E-state index in [2.05, 4.69) is 11.4 Å². The van der Waals surface area contributed by atoms with Gasteiger partial charge in [-0.3, -0.25) is 0 Å². The molecule has 3 heteroatoms. The van der Waals surface area contributed by atoms with E-state index in [1.165, 1.54) is 23.3 Å². The van der Waals surface area contributed by atoms with Crippen LogP contribution >= 0.6 is 11.3 Å². The summed E-state index contributed by atoms with van der Waals surface area (Å²) in [5, 5.41) is 12.6. The minimum absolute atomic E-state index is 0.198. The first-order valence-corrected chi connectivity index (χ1v) is 7.06. The van der Waals surface area contributed by atoms with Gasteiger partial charge in [-0.15, -0.1) is 11.3 Å². The molecule has 1 aliphatic heterocycles. The lowest BCUT2D eigenvalue weighted by molar-refractivity contribution is 0.0642. The summed E-state index contributed by atoms with van der Waals surface area (Å²) in [7, 11) is 0. The second kappa shape index (κ2) is 4.47. The SMILES string of the molecule is OC(C1CCOC1)C1CCCc2sccc21. The third-order valence-electron chi connectivity index (χ3n) is 3.96. The number of aryl methyl sites for hydroxylation is 1. The number of ether oxygens (including phenoxy) is 1. The van der Waals surface area contributed by atoms with Crippen LogP contribution in [0.1, 0.15) is 35.6 Å². The Morgan fingerprint density at radius 1 is 1.44 bits per heavy atom. The summed E-state index contributed by atoms with van der Waals surface area (Å²) >= 11 is 1.85. The van der Waals surface area contributed by atoms with Gasteiger partial charge in [0.25, 0.3) is 0 Å². The van der Waals surface area contributed by atoms with Crippen molar-refractivity contribution in [2.24, 2.45) is 5.92 Å². The Morgan fingerprint density at radius 3 is 3.19 bits per heavy atom. The Balaban J connectivity index is 1.80. The molecule has 0 amide bonds. The maximum Gasteiger partial charge on any atom is 0.0660 e. The molecule has 2 aliphatic rings. The van der Waals surface area contributed by atoms with Gasteiger partial charge < -0.3 is 9.84 Å². The number of aliphatic hydroxyl groups excluding tert-OH is 1. The molecule has 1 aromatic heterocycles. The van der Waals surface area contributed by atoms with Gasteiger partial charge in [-0.25, -0.2) is 0 Å². The Kier molecular flexibility index (Phi) is 3.01. The van der Waals surface area contributed by atoms with E-state index in [1.54, 1.807) is 0 Å². The quantitative estimate of drug-likeness (QED) is 0.858. The highest BCUT2D eigenvalue weighted by atomic mass is 32.1. The first-order valence-electron chi connectivity index (χ1n) is 6.18. The zero-order valence-electron chi connectivity index (χ0n) is 9.39. The van der Waals surface area contributed by atoms with Gasteiger partial charge in [0, 0.05) is 23.3 Å². The summed E-state index contributed by atoms with van der Waals surface area (Å²) in [6.45, 7) is 1.57. The standard InChI is InChI=1S/C13H18O2S/c14-13(9-4-6-15-8-9)11-2-1-3-12-10(11)5-7-16-12/h5,7,9,11,13-14H,1-4,6,8H2. The molecular weight excluding hydrogens is 220 g/mol. The minimum atomic E-state index is -0.198. The zero-order valence-corrected chi connectivity index (χ0v) is 10.2. The van der Waals surface area contributed by atoms with Crippen molar-refractivity contribution in [2.75, 3.05) is 13.2 Å². The van der Waals surface area contributed by atoms with E-state index >= 15 is 0 Å². The molecule has 0 radical (unpaired) electrons. The van der Waals surface area contributed by atoms with Crippen molar-refractivity contribution in [3.63, 3.8) is 0 Å². The Labute approximate surface area is 100 Å². The highest BCUT2D eigenvalue weighted by molar-refractivity contribution is 7.10. The molecule has 1 saturated heterocycles. The fourth-order valence-electron chi connectivity index (χ4n) is 3.03. The van der Waals surface area contributed by atoms with Crippen LogP contribution in [0.5, 0.6) is 0 Å². The van der Waals surface area contributed by atoms with E-state index in [1.807, 2.05) is 11.3 Å². The summed E-state index contributed by atoms with van der Waals surface area (Å²) < 4.78 is 5.38. The van der Waals surface area contributed by atoms with Gasteiger partial charge in [0.05, 0.1) is 12.7 Å². The Bertz CT molecular complexity index is 355. The Hall–Kier alpha value is -0.380. The number of aliphatic hydroxyl groups is 1. The molecule has 3 atom stereocenters. The van der Waals surface area contributed by atoms with E-state index in [4.69, 9.17) is 4.74 Å². The summed E-state index contributed by atoms with van der Waals surface area (Å²) in [5.41, 5.74) is 1.41.